The number of carbonyl (C=O) groups is 3. The molecule has 1 aromatic rings. The molecule has 5 saturated carbocycles. The van der Waals surface area contributed by atoms with E-state index in [1.807, 2.05) is 13.8 Å². The number of aliphatic carboxylic acids is 1. The van der Waals surface area contributed by atoms with E-state index in [1.54, 1.807) is 0 Å². The van der Waals surface area contributed by atoms with Gasteiger partial charge in [0.15, 0.2) is 0 Å². The van der Waals surface area contributed by atoms with Crippen LogP contribution in [-0.2, 0) is 31.1 Å². The molecule has 5 aliphatic carbocycles. The minimum absolute atomic E-state index is 0.0290. The van der Waals surface area contributed by atoms with Crippen LogP contribution >= 0.6 is 0 Å². The zero-order valence-electron chi connectivity index (χ0n) is 36.5. The maximum atomic E-state index is 13.9. The van der Waals surface area contributed by atoms with Gasteiger partial charge in [0.05, 0.1) is 12.8 Å². The van der Waals surface area contributed by atoms with Crippen molar-refractivity contribution in [3.63, 3.8) is 0 Å². The Balaban J connectivity index is 1.19. The van der Waals surface area contributed by atoms with Crippen molar-refractivity contribution in [1.82, 2.24) is 5.32 Å². The van der Waals surface area contributed by atoms with Crippen molar-refractivity contribution in [3.05, 3.63) is 47.5 Å². The van der Waals surface area contributed by atoms with Gasteiger partial charge in [-0.15, -0.1) is 0 Å². The molecule has 0 saturated heterocycles. The standard InChI is InChI=1S/C49H75NO5/c1-31(2)34-19-24-49(27-39(51)50-30-32-13-15-33(16-14-32)43(3,4)5)26-25-47(11)35(42(34)49)17-18-37-46(10)22-21-38(45(8,9)36(46)20-23-48(37,47)12)55-41(54)29-44(6,7)28-40(52)53/h13-16,34-38,42H,1,17-30H2,2-12H3,(H,50,51)(H,52,53)/t34-,35+,36-,37+,38-,42+,46-,47+,48+,49+/m0/s1. The van der Waals surface area contributed by atoms with E-state index in [4.69, 9.17) is 4.74 Å². The van der Waals surface area contributed by atoms with Crippen molar-refractivity contribution in [2.45, 2.75) is 178 Å². The largest absolute Gasteiger partial charge is 0.481 e. The number of rotatable bonds is 10. The predicted octanol–water partition coefficient (Wildman–Crippen LogP) is 11.5. The van der Waals surface area contributed by atoms with E-state index >= 15 is 0 Å². The van der Waals surface area contributed by atoms with Gasteiger partial charge in [-0.25, -0.2) is 0 Å². The van der Waals surface area contributed by atoms with Crippen LogP contribution in [0.1, 0.15) is 171 Å². The minimum atomic E-state index is -0.883. The second kappa shape index (κ2) is 14.3. The fourth-order valence-electron chi connectivity index (χ4n) is 14.5. The monoisotopic (exact) mass is 758 g/mol. The van der Waals surface area contributed by atoms with Crippen LogP contribution in [0.4, 0.5) is 0 Å². The number of carboxylic acid groups (broad SMARTS) is 1. The second-order valence-electron chi connectivity index (χ2n) is 22.7. The Morgan fingerprint density at radius 3 is 2.11 bits per heavy atom. The molecule has 0 bridgehead atoms. The molecule has 5 aliphatic rings. The third kappa shape index (κ3) is 7.37. The number of carbonyl (C=O) groups excluding carboxylic acids is 2. The van der Waals surface area contributed by atoms with Crippen LogP contribution in [0.3, 0.4) is 0 Å². The molecular weight excluding hydrogens is 683 g/mol. The van der Waals surface area contributed by atoms with Gasteiger partial charge >= 0.3 is 11.9 Å². The first kappa shape index (κ1) is 42.0. The molecule has 0 unspecified atom stereocenters. The van der Waals surface area contributed by atoms with Gasteiger partial charge in [-0.2, -0.15) is 0 Å². The fraction of sp³-hybridized carbons (Fsp3) is 0.776. The molecule has 0 heterocycles. The van der Waals surface area contributed by atoms with Gasteiger partial charge in [0.1, 0.15) is 6.10 Å². The predicted molar refractivity (Wildman–Crippen MR) is 221 cm³/mol. The molecule has 0 spiro atoms. The summed E-state index contributed by atoms with van der Waals surface area (Å²) in [5.41, 5.74) is 3.63. The van der Waals surface area contributed by atoms with Crippen LogP contribution in [0.5, 0.6) is 0 Å². The van der Waals surface area contributed by atoms with E-state index in [-0.39, 0.29) is 63.3 Å². The van der Waals surface area contributed by atoms with Gasteiger partial charge in [-0.3, -0.25) is 14.4 Å². The third-order valence-corrected chi connectivity index (χ3v) is 17.5. The number of carboxylic acids is 1. The zero-order valence-corrected chi connectivity index (χ0v) is 36.5. The van der Waals surface area contributed by atoms with Crippen LogP contribution in [0, 0.1) is 62.1 Å². The van der Waals surface area contributed by atoms with Crippen LogP contribution in [0.25, 0.3) is 0 Å². The van der Waals surface area contributed by atoms with Gasteiger partial charge in [0.2, 0.25) is 5.91 Å². The molecule has 0 aromatic heterocycles. The van der Waals surface area contributed by atoms with Crippen molar-refractivity contribution in [3.8, 4) is 0 Å². The first-order chi connectivity index (χ1) is 25.4. The van der Waals surface area contributed by atoms with Gasteiger partial charge in [-0.1, -0.05) is 106 Å². The van der Waals surface area contributed by atoms with E-state index in [0.29, 0.717) is 42.6 Å². The molecule has 6 nitrogen and oxygen atoms in total. The Morgan fingerprint density at radius 2 is 1.49 bits per heavy atom. The van der Waals surface area contributed by atoms with E-state index < -0.39 is 11.4 Å². The summed E-state index contributed by atoms with van der Waals surface area (Å²) in [6.07, 6.45) is 11.8. The number of ether oxygens (including phenoxy) is 1. The number of amides is 1. The molecule has 6 rings (SSSR count). The number of fused-ring (bicyclic) bond motifs is 7. The number of benzene rings is 1. The lowest BCUT2D eigenvalue weighted by Gasteiger charge is -2.73. The highest BCUT2D eigenvalue weighted by molar-refractivity contribution is 5.77. The Hall–Kier alpha value is -2.63. The van der Waals surface area contributed by atoms with Gasteiger partial charge in [-0.05, 0) is 144 Å². The second-order valence-corrected chi connectivity index (χ2v) is 22.7. The molecule has 1 amide bonds. The minimum Gasteiger partial charge on any atom is -0.481 e. The number of esters is 1. The zero-order chi connectivity index (χ0) is 40.6. The first-order valence-corrected chi connectivity index (χ1v) is 21.8. The summed E-state index contributed by atoms with van der Waals surface area (Å²) < 4.78 is 6.30. The third-order valence-electron chi connectivity index (χ3n) is 17.5. The first-order valence-electron chi connectivity index (χ1n) is 21.8. The highest BCUT2D eigenvalue weighted by Gasteiger charge is 2.71. The maximum absolute atomic E-state index is 13.9. The molecule has 2 N–H and O–H groups in total. The van der Waals surface area contributed by atoms with E-state index in [9.17, 15) is 19.5 Å². The molecule has 10 atom stereocenters. The molecule has 0 aliphatic heterocycles. The molecule has 55 heavy (non-hydrogen) atoms. The molecule has 0 radical (unpaired) electrons. The normalized spacial score (nSPS) is 38.1. The molecule has 5 fully saturated rings. The average molecular weight is 758 g/mol. The molecule has 6 heteroatoms. The van der Waals surface area contributed by atoms with Crippen molar-refractivity contribution < 1.29 is 24.2 Å². The van der Waals surface area contributed by atoms with Gasteiger partial charge in [0, 0.05) is 18.4 Å². The van der Waals surface area contributed by atoms with E-state index in [1.165, 1.54) is 36.8 Å². The summed E-state index contributed by atoms with van der Waals surface area (Å²) >= 11 is 0. The summed E-state index contributed by atoms with van der Waals surface area (Å²) in [6, 6.07) is 8.74. The highest BCUT2D eigenvalue weighted by Crippen LogP contribution is 2.78. The fourth-order valence-corrected chi connectivity index (χ4v) is 14.5. The smallest absolute Gasteiger partial charge is 0.306 e. The summed E-state index contributed by atoms with van der Waals surface area (Å²) in [5, 5.41) is 12.7. The van der Waals surface area contributed by atoms with Gasteiger partial charge in [0.25, 0.3) is 0 Å². The van der Waals surface area contributed by atoms with Crippen LogP contribution < -0.4 is 5.32 Å². The highest BCUT2D eigenvalue weighted by atomic mass is 16.5. The maximum Gasteiger partial charge on any atom is 0.306 e. The summed E-state index contributed by atoms with van der Waals surface area (Å²) in [7, 11) is 0. The SMILES string of the molecule is C=C(C)[C@@H]1CC[C@]2(CC(=O)NCc3ccc(C(C)(C)C)cc3)CC[C@]3(C)[C@H](CC[C@@H]4[C@@]5(C)CC[C@H](OC(=O)CC(C)(C)CC(=O)O)C(C)(C)[C@@H]5CC[C@]43C)[C@@H]12. The van der Waals surface area contributed by atoms with Crippen LogP contribution in [0.15, 0.2) is 36.4 Å². The Labute approximate surface area is 333 Å². The lowest BCUT2D eigenvalue weighted by atomic mass is 9.32. The Bertz CT molecular complexity index is 1650. The number of allylic oxidation sites excluding steroid dienone is 1. The van der Waals surface area contributed by atoms with Crippen molar-refractivity contribution in [1.29, 1.82) is 0 Å². The Morgan fingerprint density at radius 1 is 0.818 bits per heavy atom. The molecule has 1 aromatic carbocycles. The summed E-state index contributed by atoms with van der Waals surface area (Å²) in [6.45, 7) is 30.3. The van der Waals surface area contributed by atoms with Crippen molar-refractivity contribution in [2.24, 2.45) is 62.1 Å². The lowest BCUT2D eigenvalue weighted by molar-refractivity contribution is -0.250. The Kier molecular flexibility index (Phi) is 10.9. The summed E-state index contributed by atoms with van der Waals surface area (Å²) in [4.78, 5) is 38.6. The van der Waals surface area contributed by atoms with E-state index in [2.05, 4.69) is 98.5 Å². The molecule has 306 valence electrons. The van der Waals surface area contributed by atoms with Crippen LogP contribution in [-0.4, -0.2) is 29.1 Å². The number of hydrogen-bond donors (Lipinski definition) is 2. The quantitative estimate of drug-likeness (QED) is 0.183. The van der Waals surface area contributed by atoms with Crippen LogP contribution in [0.2, 0.25) is 0 Å². The number of hydrogen-bond acceptors (Lipinski definition) is 4. The van der Waals surface area contributed by atoms with Crippen molar-refractivity contribution >= 4 is 17.8 Å². The summed E-state index contributed by atoms with van der Waals surface area (Å²) in [5.74, 6) is 1.63. The average Bonchev–Trinajstić information content (AvgIpc) is 3.44. The van der Waals surface area contributed by atoms with Crippen molar-refractivity contribution in [2.75, 3.05) is 0 Å². The van der Waals surface area contributed by atoms with Gasteiger partial charge < -0.3 is 15.2 Å². The lowest BCUT2D eigenvalue weighted by Crippen LogP contribution is -2.67. The molecular formula is C49H75NO5. The number of nitrogens with one attached hydrogen (secondary N) is 1. The topological polar surface area (TPSA) is 92.7 Å². The van der Waals surface area contributed by atoms with E-state index in [0.717, 1.165) is 44.1 Å².